The molecule has 3 heterocycles. The Kier molecular flexibility index (Phi) is 6.27. The van der Waals surface area contributed by atoms with Crippen molar-refractivity contribution in [2.24, 2.45) is 0 Å². The summed E-state index contributed by atoms with van der Waals surface area (Å²) in [6.45, 7) is 8.79. The molecule has 2 N–H and O–H groups in total. The van der Waals surface area contributed by atoms with E-state index in [0.717, 1.165) is 22.6 Å². The van der Waals surface area contributed by atoms with Gasteiger partial charge < -0.3 is 10.1 Å². The predicted molar refractivity (Wildman–Crippen MR) is 122 cm³/mol. The summed E-state index contributed by atoms with van der Waals surface area (Å²) in [5.41, 5.74) is 3.56. The van der Waals surface area contributed by atoms with Crippen molar-refractivity contribution in [2.45, 2.75) is 45.1 Å². The molecule has 0 radical (unpaired) electrons. The lowest BCUT2D eigenvalue weighted by Gasteiger charge is -2.32. The van der Waals surface area contributed by atoms with Gasteiger partial charge in [-0.05, 0) is 51.0 Å². The molecule has 0 bridgehead atoms. The zero-order valence-corrected chi connectivity index (χ0v) is 19.5. The lowest BCUT2D eigenvalue weighted by molar-refractivity contribution is 0.0392. The summed E-state index contributed by atoms with van der Waals surface area (Å²) in [5, 5.41) is 10.4. The van der Waals surface area contributed by atoms with E-state index < -0.39 is 10.0 Å². The number of anilines is 2. The third-order valence-electron chi connectivity index (χ3n) is 5.71. The molecular weight excluding hydrogens is 428 g/mol. The molecule has 1 aliphatic rings. The van der Waals surface area contributed by atoms with Crippen molar-refractivity contribution < 1.29 is 13.2 Å². The van der Waals surface area contributed by atoms with Crippen molar-refractivity contribution >= 4 is 21.7 Å². The molecule has 4 rings (SSSR count). The maximum absolute atomic E-state index is 13.3. The SMILES string of the molecule is Cc1ccc(Cc2nccc(Nc3n[nH]c(C)c3C)n2)cc1S(=O)(=O)N1CCOC[C@@H]1C. The number of nitrogens with zero attached hydrogens (tertiary/aromatic N) is 4. The maximum Gasteiger partial charge on any atom is 0.243 e. The second-order valence-electron chi connectivity index (χ2n) is 8.12. The normalized spacial score (nSPS) is 17.4. The highest BCUT2D eigenvalue weighted by atomic mass is 32.2. The fraction of sp³-hybridized carbons (Fsp3) is 0.409. The molecule has 0 amide bonds. The van der Waals surface area contributed by atoms with E-state index in [1.54, 1.807) is 18.3 Å². The van der Waals surface area contributed by atoms with Crippen LogP contribution >= 0.6 is 0 Å². The highest BCUT2D eigenvalue weighted by Gasteiger charge is 2.32. The molecule has 1 saturated heterocycles. The molecule has 1 fully saturated rings. The van der Waals surface area contributed by atoms with Gasteiger partial charge in [-0.15, -0.1) is 0 Å². The van der Waals surface area contributed by atoms with Gasteiger partial charge in [0.2, 0.25) is 10.0 Å². The maximum atomic E-state index is 13.3. The molecule has 1 atom stereocenters. The lowest BCUT2D eigenvalue weighted by Crippen LogP contribution is -2.47. The number of nitrogens with one attached hydrogen (secondary N) is 2. The van der Waals surface area contributed by atoms with Crippen molar-refractivity contribution in [3.05, 3.63) is 58.7 Å². The highest BCUT2D eigenvalue weighted by Crippen LogP contribution is 2.25. The second-order valence-corrected chi connectivity index (χ2v) is 9.98. The first kappa shape index (κ1) is 22.4. The van der Waals surface area contributed by atoms with E-state index in [9.17, 15) is 8.42 Å². The second kappa shape index (κ2) is 8.97. The molecule has 2 aromatic heterocycles. The molecule has 0 aliphatic carbocycles. The first-order chi connectivity index (χ1) is 15.3. The standard InChI is InChI=1S/C22H28N6O3S/c1-14-5-6-18(11-19(14)32(29,30)28-9-10-31-13-15(28)2)12-21-23-8-7-20(24-21)25-22-16(3)17(4)26-27-22/h5-8,11,15H,9-10,12-13H2,1-4H3,(H2,23,24,25,26,27)/t15-/m0/s1. The van der Waals surface area contributed by atoms with Gasteiger partial charge in [0.15, 0.2) is 5.82 Å². The monoisotopic (exact) mass is 456 g/mol. The molecule has 32 heavy (non-hydrogen) atoms. The summed E-state index contributed by atoms with van der Waals surface area (Å²) in [6.07, 6.45) is 2.09. The number of hydrogen-bond donors (Lipinski definition) is 2. The minimum Gasteiger partial charge on any atom is -0.378 e. The van der Waals surface area contributed by atoms with E-state index in [1.807, 2.05) is 39.8 Å². The summed E-state index contributed by atoms with van der Waals surface area (Å²) in [5.74, 6) is 1.94. The van der Waals surface area contributed by atoms with Crippen LogP contribution in [-0.4, -0.2) is 58.7 Å². The van der Waals surface area contributed by atoms with Crippen LogP contribution in [0, 0.1) is 20.8 Å². The number of aryl methyl sites for hydroxylation is 2. The molecule has 0 unspecified atom stereocenters. The number of H-pyrrole nitrogens is 1. The third-order valence-corrected chi connectivity index (χ3v) is 7.87. The molecule has 170 valence electrons. The van der Waals surface area contributed by atoms with Gasteiger partial charge in [0.05, 0.1) is 18.1 Å². The molecule has 1 aliphatic heterocycles. The third kappa shape index (κ3) is 4.52. The molecular formula is C22H28N6O3S. The van der Waals surface area contributed by atoms with Gasteiger partial charge in [-0.2, -0.15) is 9.40 Å². The smallest absolute Gasteiger partial charge is 0.243 e. The van der Waals surface area contributed by atoms with Crippen LogP contribution in [-0.2, 0) is 21.2 Å². The molecule has 3 aromatic rings. The average molecular weight is 457 g/mol. The quantitative estimate of drug-likeness (QED) is 0.586. The van der Waals surface area contributed by atoms with Crippen LogP contribution in [0.3, 0.4) is 0 Å². The van der Waals surface area contributed by atoms with Gasteiger partial charge in [-0.1, -0.05) is 12.1 Å². The average Bonchev–Trinajstić information content (AvgIpc) is 3.07. The number of rotatable bonds is 6. The van der Waals surface area contributed by atoms with Crippen LogP contribution in [0.2, 0.25) is 0 Å². The number of benzene rings is 1. The van der Waals surface area contributed by atoms with Crippen LogP contribution in [0.4, 0.5) is 11.6 Å². The zero-order chi connectivity index (χ0) is 22.9. The van der Waals surface area contributed by atoms with E-state index in [-0.39, 0.29) is 6.04 Å². The Bertz CT molecular complexity index is 1220. The first-order valence-electron chi connectivity index (χ1n) is 10.6. The Labute approximate surface area is 188 Å². The number of aromatic amines is 1. The topological polar surface area (TPSA) is 113 Å². The first-order valence-corrected chi connectivity index (χ1v) is 12.0. The Morgan fingerprint density at radius 2 is 2.06 bits per heavy atom. The number of hydrogen-bond acceptors (Lipinski definition) is 7. The fourth-order valence-corrected chi connectivity index (χ4v) is 5.57. The van der Waals surface area contributed by atoms with E-state index in [4.69, 9.17) is 4.74 Å². The zero-order valence-electron chi connectivity index (χ0n) is 18.7. The summed E-state index contributed by atoms with van der Waals surface area (Å²) in [6, 6.07) is 7.07. The van der Waals surface area contributed by atoms with E-state index in [0.29, 0.717) is 48.3 Å². The van der Waals surface area contributed by atoms with Gasteiger partial charge in [0.25, 0.3) is 0 Å². The van der Waals surface area contributed by atoms with Crippen LogP contribution in [0.1, 0.15) is 35.1 Å². The Balaban J connectivity index is 1.57. The molecule has 0 saturated carbocycles. The molecule has 9 nitrogen and oxygen atoms in total. The minimum atomic E-state index is -3.62. The van der Waals surface area contributed by atoms with Crippen molar-refractivity contribution in [3.8, 4) is 0 Å². The summed E-state index contributed by atoms with van der Waals surface area (Å²) in [7, 11) is -3.62. The van der Waals surface area contributed by atoms with E-state index in [1.165, 1.54) is 4.31 Å². The highest BCUT2D eigenvalue weighted by molar-refractivity contribution is 7.89. The van der Waals surface area contributed by atoms with Crippen molar-refractivity contribution in [3.63, 3.8) is 0 Å². The Morgan fingerprint density at radius 1 is 1.25 bits per heavy atom. The van der Waals surface area contributed by atoms with Crippen LogP contribution < -0.4 is 5.32 Å². The summed E-state index contributed by atoms with van der Waals surface area (Å²) < 4.78 is 33.6. The molecule has 0 spiro atoms. The van der Waals surface area contributed by atoms with Gasteiger partial charge >= 0.3 is 0 Å². The Hall–Kier alpha value is -2.82. The van der Waals surface area contributed by atoms with Gasteiger partial charge in [0, 0.05) is 36.5 Å². The van der Waals surface area contributed by atoms with Gasteiger partial charge in [0.1, 0.15) is 11.6 Å². The van der Waals surface area contributed by atoms with Crippen LogP contribution in [0.5, 0.6) is 0 Å². The molecule has 10 heteroatoms. The van der Waals surface area contributed by atoms with Crippen molar-refractivity contribution in [1.82, 2.24) is 24.5 Å². The van der Waals surface area contributed by atoms with Gasteiger partial charge in [-0.25, -0.2) is 18.4 Å². The van der Waals surface area contributed by atoms with Crippen molar-refractivity contribution in [2.75, 3.05) is 25.1 Å². The van der Waals surface area contributed by atoms with Gasteiger partial charge in [-0.3, -0.25) is 5.10 Å². The predicted octanol–water partition coefficient (Wildman–Crippen LogP) is 2.87. The fourth-order valence-electron chi connectivity index (χ4n) is 3.69. The number of ether oxygens (including phenoxy) is 1. The van der Waals surface area contributed by atoms with Crippen LogP contribution in [0.25, 0.3) is 0 Å². The van der Waals surface area contributed by atoms with E-state index >= 15 is 0 Å². The van der Waals surface area contributed by atoms with E-state index in [2.05, 4.69) is 25.5 Å². The number of morpholine rings is 1. The lowest BCUT2D eigenvalue weighted by atomic mass is 10.1. The number of sulfonamides is 1. The number of aromatic nitrogens is 4. The Morgan fingerprint density at radius 3 is 2.78 bits per heavy atom. The largest absolute Gasteiger partial charge is 0.378 e. The van der Waals surface area contributed by atoms with Crippen molar-refractivity contribution in [1.29, 1.82) is 0 Å². The molecule has 1 aromatic carbocycles. The summed E-state index contributed by atoms with van der Waals surface area (Å²) in [4.78, 5) is 9.26. The minimum absolute atomic E-state index is 0.197. The summed E-state index contributed by atoms with van der Waals surface area (Å²) >= 11 is 0. The van der Waals surface area contributed by atoms with Crippen LogP contribution in [0.15, 0.2) is 35.4 Å².